The van der Waals surface area contributed by atoms with E-state index in [1.807, 2.05) is 30.4 Å². The maximum Gasteiger partial charge on any atom is 0.303 e. The van der Waals surface area contributed by atoms with Crippen molar-refractivity contribution in [3.8, 4) is 5.75 Å². The van der Waals surface area contributed by atoms with Crippen LogP contribution < -0.4 is 10.2 Å². The minimum absolute atomic E-state index is 0.0530. The third-order valence-electron chi connectivity index (χ3n) is 6.71. The summed E-state index contributed by atoms with van der Waals surface area (Å²) in [4.78, 5) is 12.9. The Labute approximate surface area is 219 Å². The molecule has 2 aliphatic rings. The number of carboxylic acids is 1. The number of allylic oxidation sites excluding steroid dienone is 1. The number of aliphatic carboxylic acids is 1. The first kappa shape index (κ1) is 26.4. The fraction of sp³-hybridized carbons (Fsp3) is 0.464. The zero-order valence-corrected chi connectivity index (χ0v) is 22.7. The highest BCUT2D eigenvalue weighted by molar-refractivity contribution is 7.97. The number of benzene rings is 2. The molecule has 2 aromatic carbocycles. The van der Waals surface area contributed by atoms with Crippen molar-refractivity contribution in [2.75, 3.05) is 13.6 Å². The summed E-state index contributed by atoms with van der Waals surface area (Å²) in [5, 5.41) is 13.8. The van der Waals surface area contributed by atoms with Crippen molar-refractivity contribution in [1.29, 1.82) is 0 Å². The van der Waals surface area contributed by atoms with E-state index < -0.39 is 5.97 Å². The Morgan fingerprint density at radius 3 is 2.75 bits per heavy atom. The molecule has 7 nitrogen and oxygen atoms in total. The van der Waals surface area contributed by atoms with E-state index in [0.717, 1.165) is 47.8 Å². The van der Waals surface area contributed by atoms with Gasteiger partial charge in [-0.25, -0.2) is 4.31 Å². The summed E-state index contributed by atoms with van der Waals surface area (Å²) in [6.45, 7) is 10.1. The molecule has 0 aromatic heterocycles. The van der Waals surface area contributed by atoms with Crippen LogP contribution in [0.2, 0.25) is 0 Å². The third kappa shape index (κ3) is 6.55. The molecule has 2 heterocycles. The van der Waals surface area contributed by atoms with Crippen LogP contribution in [0.3, 0.4) is 0 Å². The smallest absolute Gasteiger partial charge is 0.303 e. The molecular formula is C28H38N4O3S. The Kier molecular flexibility index (Phi) is 8.49. The van der Waals surface area contributed by atoms with Gasteiger partial charge in [-0.3, -0.25) is 9.80 Å². The maximum absolute atomic E-state index is 11.8. The van der Waals surface area contributed by atoms with Gasteiger partial charge in [0.25, 0.3) is 0 Å². The zero-order chi connectivity index (χ0) is 25.8. The van der Waals surface area contributed by atoms with Gasteiger partial charge in [0.2, 0.25) is 0 Å². The Morgan fingerprint density at radius 2 is 2.03 bits per heavy atom. The first-order valence-corrected chi connectivity index (χ1v) is 13.5. The lowest BCUT2D eigenvalue weighted by Crippen LogP contribution is -2.42. The van der Waals surface area contributed by atoms with Crippen LogP contribution in [0.1, 0.15) is 62.6 Å². The molecule has 2 aromatic rings. The summed E-state index contributed by atoms with van der Waals surface area (Å²) in [6, 6.07) is 15.0. The number of hydrogen-bond donors (Lipinski definition) is 2. The summed E-state index contributed by atoms with van der Waals surface area (Å²) < 4.78 is 8.47. The molecule has 0 fully saturated rings. The molecule has 4 rings (SSSR count). The van der Waals surface area contributed by atoms with Gasteiger partial charge in [-0.15, -0.1) is 5.12 Å². The van der Waals surface area contributed by atoms with Gasteiger partial charge in [0.1, 0.15) is 11.9 Å². The third-order valence-corrected chi connectivity index (χ3v) is 7.78. The van der Waals surface area contributed by atoms with Gasteiger partial charge in [0.15, 0.2) is 0 Å². The van der Waals surface area contributed by atoms with Crippen LogP contribution in [0.25, 0.3) is 0 Å². The summed E-state index contributed by atoms with van der Waals surface area (Å²) >= 11 is 1.73. The lowest BCUT2D eigenvalue weighted by Gasteiger charge is -2.28. The number of fused-ring (bicyclic) bond motifs is 1. The van der Waals surface area contributed by atoms with Crippen molar-refractivity contribution in [3.63, 3.8) is 0 Å². The monoisotopic (exact) mass is 510 g/mol. The van der Waals surface area contributed by atoms with Crippen molar-refractivity contribution < 1.29 is 14.6 Å². The molecule has 36 heavy (non-hydrogen) atoms. The topological polar surface area (TPSA) is 68.3 Å². The second-order valence-corrected chi connectivity index (χ2v) is 11.2. The number of aryl methyl sites for hydroxylation is 1. The quantitative estimate of drug-likeness (QED) is 0.426. The fourth-order valence-corrected chi connectivity index (χ4v) is 5.94. The molecule has 0 spiro atoms. The minimum atomic E-state index is -0.762. The molecule has 0 saturated carbocycles. The van der Waals surface area contributed by atoms with E-state index in [9.17, 15) is 9.90 Å². The number of carboxylic acid groups (broad SMARTS) is 1. The SMILES string of the molecule is Cc1ccc(C(CCC2=CN(C(C)C)N(C)N2)CC(=O)O)cc1CN1C[C@@H](C)Oc2ccccc2S1. The first-order valence-electron chi connectivity index (χ1n) is 12.7. The summed E-state index contributed by atoms with van der Waals surface area (Å²) in [6.07, 6.45) is 3.89. The number of nitrogens with one attached hydrogen (secondary N) is 1. The van der Waals surface area contributed by atoms with Crippen molar-refractivity contribution in [3.05, 3.63) is 71.1 Å². The van der Waals surface area contributed by atoms with Crippen LogP contribution in [0, 0.1) is 6.92 Å². The molecule has 2 aliphatic heterocycles. The average Bonchev–Trinajstić information content (AvgIpc) is 3.11. The molecule has 2 atom stereocenters. The van der Waals surface area contributed by atoms with E-state index in [1.54, 1.807) is 11.9 Å². The highest BCUT2D eigenvalue weighted by Crippen LogP contribution is 2.37. The number of carbonyl (C=O) groups is 1. The van der Waals surface area contributed by atoms with Gasteiger partial charge in [0, 0.05) is 38.1 Å². The minimum Gasteiger partial charge on any atom is -0.488 e. The summed E-state index contributed by atoms with van der Waals surface area (Å²) in [5.74, 6) is 0.116. The number of para-hydroxylation sites is 1. The van der Waals surface area contributed by atoms with Gasteiger partial charge in [-0.05, 0) is 87.2 Å². The number of ether oxygens (including phenoxy) is 1. The van der Waals surface area contributed by atoms with Gasteiger partial charge in [-0.2, -0.15) is 0 Å². The second kappa shape index (κ2) is 11.6. The fourth-order valence-electron chi connectivity index (χ4n) is 4.83. The van der Waals surface area contributed by atoms with E-state index >= 15 is 0 Å². The molecule has 0 radical (unpaired) electrons. The molecule has 0 aliphatic carbocycles. The van der Waals surface area contributed by atoms with E-state index in [4.69, 9.17) is 4.74 Å². The summed E-state index contributed by atoms with van der Waals surface area (Å²) in [5.41, 5.74) is 8.04. The van der Waals surface area contributed by atoms with Crippen LogP contribution in [0.5, 0.6) is 5.75 Å². The molecule has 2 N–H and O–H groups in total. The predicted octanol–water partition coefficient (Wildman–Crippen LogP) is 5.54. The number of rotatable bonds is 9. The van der Waals surface area contributed by atoms with E-state index in [0.29, 0.717) is 6.04 Å². The van der Waals surface area contributed by atoms with E-state index in [1.165, 1.54) is 11.1 Å². The molecule has 1 unspecified atom stereocenters. The molecule has 8 heteroatoms. The van der Waals surface area contributed by atoms with Crippen LogP contribution in [0.15, 0.2) is 59.3 Å². The van der Waals surface area contributed by atoms with Crippen LogP contribution in [-0.4, -0.2) is 51.2 Å². The molecular weight excluding hydrogens is 472 g/mol. The number of hydrazine groups is 2. The Hall–Kier alpha value is -2.68. The normalized spacial score (nSPS) is 19.3. The zero-order valence-electron chi connectivity index (χ0n) is 21.9. The number of nitrogens with zero attached hydrogens (tertiary/aromatic N) is 3. The predicted molar refractivity (Wildman–Crippen MR) is 144 cm³/mol. The van der Waals surface area contributed by atoms with E-state index in [2.05, 4.69) is 72.9 Å². The Morgan fingerprint density at radius 1 is 1.25 bits per heavy atom. The van der Waals surface area contributed by atoms with Gasteiger partial charge < -0.3 is 15.3 Å². The largest absolute Gasteiger partial charge is 0.488 e. The van der Waals surface area contributed by atoms with Crippen LogP contribution in [-0.2, 0) is 11.3 Å². The lowest BCUT2D eigenvalue weighted by atomic mass is 9.88. The molecule has 0 bridgehead atoms. The number of hydrogen-bond acceptors (Lipinski definition) is 7. The summed E-state index contributed by atoms with van der Waals surface area (Å²) in [7, 11) is 2.00. The molecule has 194 valence electrons. The van der Waals surface area contributed by atoms with Gasteiger partial charge in [-0.1, -0.05) is 30.3 Å². The highest BCUT2D eigenvalue weighted by atomic mass is 32.2. The Bertz CT molecular complexity index is 1110. The van der Waals surface area contributed by atoms with Gasteiger partial charge >= 0.3 is 5.97 Å². The second-order valence-electron chi connectivity index (χ2n) is 10.1. The van der Waals surface area contributed by atoms with Crippen molar-refractivity contribution in [1.82, 2.24) is 19.9 Å². The van der Waals surface area contributed by atoms with Crippen molar-refractivity contribution >= 4 is 17.9 Å². The highest BCUT2D eigenvalue weighted by Gasteiger charge is 2.24. The van der Waals surface area contributed by atoms with Crippen molar-refractivity contribution in [2.24, 2.45) is 0 Å². The molecule has 0 saturated heterocycles. The average molecular weight is 511 g/mol. The Balaban J connectivity index is 1.50. The van der Waals surface area contributed by atoms with Gasteiger partial charge in [0.05, 0.1) is 11.3 Å². The standard InChI is InChI=1S/C28H38N4O3S/c1-19(2)32-18-25(29-30(32)5)13-12-23(15-28(33)34)22-11-10-20(3)24(14-22)17-31-16-21(4)35-26-8-6-7-9-27(26)36-31/h6-11,14,18-19,21,23,29H,12-13,15-17H2,1-5H3,(H,33,34)/t21-,23?/m1/s1. The van der Waals surface area contributed by atoms with Crippen LogP contribution in [0.4, 0.5) is 0 Å². The lowest BCUT2D eigenvalue weighted by molar-refractivity contribution is -0.137. The van der Waals surface area contributed by atoms with Crippen molar-refractivity contribution in [2.45, 2.75) is 76.5 Å². The first-order chi connectivity index (χ1) is 17.2. The molecule has 0 amide bonds. The maximum atomic E-state index is 11.8. The van der Waals surface area contributed by atoms with Crippen LogP contribution >= 0.6 is 11.9 Å². The van der Waals surface area contributed by atoms with E-state index in [-0.39, 0.29) is 18.4 Å².